The highest BCUT2D eigenvalue weighted by Crippen LogP contribution is 2.62. The van der Waals surface area contributed by atoms with Crippen LogP contribution in [0, 0.1) is 0 Å². The van der Waals surface area contributed by atoms with Gasteiger partial charge in [0.05, 0.1) is 12.2 Å². The molecule has 0 aromatic rings. The van der Waals surface area contributed by atoms with Crippen molar-refractivity contribution < 1.29 is 148 Å². The van der Waals surface area contributed by atoms with Crippen LogP contribution in [0.15, 0.2) is 0 Å². The zero-order valence-corrected chi connectivity index (χ0v) is 42.1. The van der Waals surface area contributed by atoms with E-state index in [1.165, 1.54) is 0 Å². The predicted octanol–water partition coefficient (Wildman–Crippen LogP) is 16.1. The summed E-state index contributed by atoms with van der Waals surface area (Å²) < 4.78 is 421. The summed E-state index contributed by atoms with van der Waals surface area (Å²) in [4.78, 5) is 0. The summed E-state index contributed by atoms with van der Waals surface area (Å²) in [7, 11) is -8.42. The molecule has 458 valence electrons. The molecular weight excluding hydrogens is 1210 g/mol. The normalized spacial score (nSPS) is 15.9. The predicted molar refractivity (Wildman–Crippen MR) is 217 cm³/mol. The van der Waals surface area contributed by atoms with Crippen LogP contribution in [0.3, 0.4) is 0 Å². The second kappa shape index (κ2) is 28.5. The van der Waals surface area contributed by atoms with Crippen molar-refractivity contribution >= 4 is 42.4 Å². The molecule has 2 unspecified atom stereocenters. The van der Waals surface area contributed by atoms with Crippen molar-refractivity contribution in [2.45, 2.75) is 225 Å². The summed E-state index contributed by atoms with van der Waals surface area (Å²) in [5, 5.41) is 0. The van der Waals surface area contributed by atoms with Crippen LogP contribution in [0.1, 0.15) is 141 Å². The Morgan fingerprint density at radius 3 is 0.737 bits per heavy atom. The van der Waals surface area contributed by atoms with Crippen LogP contribution in [0.2, 0.25) is 0 Å². The fraction of sp³-hybridized carbons (Fsp3) is 1.00. The molecule has 0 saturated heterocycles. The highest BCUT2D eigenvalue weighted by molar-refractivity contribution is 8.76. The van der Waals surface area contributed by atoms with E-state index in [2.05, 4.69) is 8.37 Å². The van der Waals surface area contributed by atoms with Crippen LogP contribution in [-0.4, -0.2) is 121 Å². The Morgan fingerprint density at radius 2 is 0.513 bits per heavy atom. The molecule has 0 aliphatic carbocycles. The van der Waals surface area contributed by atoms with Crippen LogP contribution in [0.5, 0.6) is 0 Å². The highest BCUT2D eigenvalue weighted by Gasteiger charge is 2.92. The standard InChI is InChI=1S/C38H52F26O8S4/c39-27(40,29(43,44)31(47,48)33(51,52)35(55,56)37(59,60)61)21-19-25(71-75(65,66)67)17-13-9-5-1-3-7-11-15-23-73-74-24-16-12-8-4-2-6-10-14-18-26(72-76(68,69)70)20-22-28(41,42)30(45,46)32(49,50)34(53,54)36(57,58)38(62,63)64/h25-26H,1-24H2,(H,65,66,67)(H,68,69,70)/p-2. The van der Waals surface area contributed by atoms with Crippen molar-refractivity contribution in [3.63, 3.8) is 0 Å². The molecule has 8 nitrogen and oxygen atoms in total. The van der Waals surface area contributed by atoms with Crippen molar-refractivity contribution in [2.24, 2.45) is 0 Å². The number of alkyl halides is 26. The zero-order chi connectivity index (χ0) is 60.0. The van der Waals surface area contributed by atoms with E-state index in [1.807, 2.05) is 0 Å². The van der Waals surface area contributed by atoms with Crippen molar-refractivity contribution in [1.82, 2.24) is 0 Å². The molecule has 0 radical (unpaired) electrons. The maximum absolute atomic E-state index is 14.2. The van der Waals surface area contributed by atoms with Crippen LogP contribution in [0.4, 0.5) is 114 Å². The van der Waals surface area contributed by atoms with Gasteiger partial charge in [-0.2, -0.15) is 114 Å². The monoisotopic (exact) mass is 1260 g/mol. The molecule has 0 aromatic heterocycles. The molecule has 38 heteroatoms. The first-order valence-electron chi connectivity index (χ1n) is 22.3. The van der Waals surface area contributed by atoms with E-state index in [4.69, 9.17) is 0 Å². The Bertz CT molecular complexity index is 1800. The van der Waals surface area contributed by atoms with Gasteiger partial charge in [0.1, 0.15) is 0 Å². The molecule has 0 saturated carbocycles. The number of hydrogen-bond donors (Lipinski definition) is 0. The van der Waals surface area contributed by atoms with Gasteiger partial charge in [0.25, 0.3) is 0 Å². The van der Waals surface area contributed by atoms with Gasteiger partial charge in [-0.1, -0.05) is 111 Å². The Morgan fingerprint density at radius 1 is 0.303 bits per heavy atom. The third-order valence-electron chi connectivity index (χ3n) is 11.2. The molecule has 0 heterocycles. The van der Waals surface area contributed by atoms with E-state index in [1.54, 1.807) is 21.6 Å². The molecule has 0 fully saturated rings. The Balaban J connectivity index is 4.53. The van der Waals surface area contributed by atoms with E-state index in [9.17, 15) is 140 Å². The number of unbranched alkanes of at least 4 members (excludes halogenated alkanes) is 14. The average Bonchev–Trinajstić information content (AvgIpc) is 3.23. The molecule has 0 bridgehead atoms. The molecule has 0 rings (SSSR count). The molecule has 0 aliphatic heterocycles. The van der Waals surface area contributed by atoms with Gasteiger partial charge in [-0.25, -0.2) is 16.8 Å². The molecule has 0 aliphatic rings. The Hall–Kier alpha value is -1.38. The summed E-state index contributed by atoms with van der Waals surface area (Å²) in [6.45, 7) is 0. The summed E-state index contributed by atoms with van der Waals surface area (Å²) in [6.07, 6.45) is -22.2. The lowest BCUT2D eigenvalue weighted by molar-refractivity contribution is -0.440. The maximum Gasteiger partial charge on any atom is 0.460 e. The molecular formula is C38H50F26O8S4-2. The van der Waals surface area contributed by atoms with Gasteiger partial charge < -0.3 is 9.11 Å². The summed E-state index contributed by atoms with van der Waals surface area (Å²) >= 11 is 0. The van der Waals surface area contributed by atoms with E-state index >= 15 is 0 Å². The maximum atomic E-state index is 14.2. The van der Waals surface area contributed by atoms with E-state index in [0.29, 0.717) is 38.5 Å². The van der Waals surface area contributed by atoms with Gasteiger partial charge >= 0.3 is 71.6 Å². The third-order valence-corrected chi connectivity index (χ3v) is 14.7. The highest BCUT2D eigenvalue weighted by atomic mass is 33.1. The van der Waals surface area contributed by atoms with Gasteiger partial charge in [0, 0.05) is 24.3 Å². The summed E-state index contributed by atoms with van der Waals surface area (Å²) in [5.74, 6) is -74.7. The van der Waals surface area contributed by atoms with Crippen molar-refractivity contribution in [1.29, 1.82) is 0 Å². The molecule has 0 spiro atoms. The lowest BCUT2D eigenvalue weighted by atomic mass is 9.91. The van der Waals surface area contributed by atoms with Gasteiger partial charge in [0.2, 0.25) is 20.8 Å². The summed E-state index contributed by atoms with van der Waals surface area (Å²) in [6, 6.07) is 0. The minimum Gasteiger partial charge on any atom is -0.726 e. The zero-order valence-electron chi connectivity index (χ0n) is 38.9. The lowest BCUT2D eigenvalue weighted by Crippen LogP contribution is -2.70. The quantitative estimate of drug-likeness (QED) is 0.0192. The summed E-state index contributed by atoms with van der Waals surface area (Å²) in [5.41, 5.74) is 0. The fourth-order valence-corrected chi connectivity index (χ4v) is 10.1. The fourth-order valence-electron chi connectivity index (χ4n) is 6.72. The lowest BCUT2D eigenvalue weighted by Gasteiger charge is -2.40. The van der Waals surface area contributed by atoms with Crippen molar-refractivity contribution in [3.8, 4) is 0 Å². The largest absolute Gasteiger partial charge is 0.726 e. The average molecular weight is 1260 g/mol. The van der Waals surface area contributed by atoms with Gasteiger partial charge in [-0.15, -0.1) is 0 Å². The topological polar surface area (TPSA) is 133 Å². The van der Waals surface area contributed by atoms with Crippen LogP contribution < -0.4 is 0 Å². The minimum absolute atomic E-state index is 0.156. The first kappa shape index (κ1) is 74.6. The molecule has 2 atom stereocenters. The second-order valence-electron chi connectivity index (χ2n) is 17.2. The molecule has 0 N–H and O–H groups in total. The minimum atomic E-state index is -8.11. The van der Waals surface area contributed by atoms with Crippen LogP contribution >= 0.6 is 21.6 Å². The first-order valence-corrected chi connectivity index (χ1v) is 27.5. The molecule has 0 aromatic carbocycles. The van der Waals surface area contributed by atoms with Gasteiger partial charge in [0.15, 0.2) is 0 Å². The van der Waals surface area contributed by atoms with E-state index in [-0.39, 0.29) is 25.7 Å². The number of hydrogen-bond acceptors (Lipinski definition) is 10. The Kier molecular flexibility index (Phi) is 28.0. The van der Waals surface area contributed by atoms with Gasteiger partial charge in [-0.05, 0) is 38.5 Å². The molecule has 0 amide bonds. The Labute approximate surface area is 426 Å². The second-order valence-corrected chi connectivity index (χ2v) is 21.9. The van der Waals surface area contributed by atoms with E-state index in [0.717, 1.165) is 50.0 Å². The van der Waals surface area contributed by atoms with Crippen molar-refractivity contribution in [3.05, 3.63) is 0 Å². The van der Waals surface area contributed by atoms with Crippen molar-refractivity contribution in [2.75, 3.05) is 11.5 Å². The third kappa shape index (κ3) is 20.3. The van der Waals surface area contributed by atoms with Crippen LogP contribution in [0.25, 0.3) is 0 Å². The molecule has 76 heavy (non-hydrogen) atoms. The first-order chi connectivity index (χ1) is 33.9. The number of rotatable bonds is 41. The smallest absolute Gasteiger partial charge is 0.460 e. The van der Waals surface area contributed by atoms with Crippen LogP contribution in [-0.2, 0) is 29.2 Å². The number of halogens is 26. The van der Waals surface area contributed by atoms with E-state index < -0.39 is 143 Å². The SMILES string of the molecule is O=S(=O)([O-])OC(CCCCCCCCCCSSCCCCCCCCCCC(CCC(F)(F)C(F)(F)C(F)(F)C(F)(F)C(F)(F)C(F)(F)F)OS(=O)(=O)[O-])CCC(F)(F)C(F)(F)C(F)(F)C(F)(F)C(F)(F)C(F)(F)F. The van der Waals surface area contributed by atoms with Gasteiger partial charge in [-0.3, -0.25) is 8.37 Å².